The Morgan fingerprint density at radius 1 is 1.14 bits per heavy atom. The van der Waals surface area contributed by atoms with E-state index in [1.807, 2.05) is 24.3 Å². The van der Waals surface area contributed by atoms with Gasteiger partial charge in [0, 0.05) is 18.7 Å². The summed E-state index contributed by atoms with van der Waals surface area (Å²) in [5.41, 5.74) is 2.03. The number of nitrogens with zero attached hydrogens (tertiary/aromatic N) is 4. The normalized spacial score (nSPS) is 16.4. The van der Waals surface area contributed by atoms with Gasteiger partial charge in [-0.25, -0.2) is 0 Å². The Balaban J connectivity index is 1.42. The largest absolute Gasteiger partial charge is 0.442 e. The highest BCUT2D eigenvalue weighted by atomic mass is 16.5. The lowest BCUT2D eigenvalue weighted by Crippen LogP contribution is -2.29. The van der Waals surface area contributed by atoms with Crippen LogP contribution in [0.2, 0.25) is 0 Å². The molecule has 8 heteroatoms. The van der Waals surface area contributed by atoms with Gasteiger partial charge < -0.3 is 9.64 Å². The van der Waals surface area contributed by atoms with E-state index in [9.17, 15) is 14.4 Å². The Kier molecular flexibility index (Phi) is 5.07. The van der Waals surface area contributed by atoms with Crippen molar-refractivity contribution in [3.63, 3.8) is 0 Å². The average Bonchev–Trinajstić information content (AvgIpc) is 3.15. The summed E-state index contributed by atoms with van der Waals surface area (Å²) in [6.45, 7) is 1.97. The van der Waals surface area contributed by atoms with Crippen LogP contribution in [0.4, 0.5) is 5.69 Å². The van der Waals surface area contributed by atoms with Crippen LogP contribution < -0.4 is 10.5 Å². The lowest BCUT2D eigenvalue weighted by atomic mass is 10.1. The fraction of sp³-hybridized carbons (Fsp3) is 0.286. The fourth-order valence-corrected chi connectivity index (χ4v) is 3.38. The highest BCUT2D eigenvalue weighted by molar-refractivity contribution is 5.99. The van der Waals surface area contributed by atoms with Crippen molar-refractivity contribution in [2.45, 2.75) is 26.5 Å². The summed E-state index contributed by atoms with van der Waals surface area (Å²) in [6, 6.07) is 14.5. The zero-order valence-corrected chi connectivity index (χ0v) is 15.9. The highest BCUT2D eigenvalue weighted by Gasteiger charge is 2.36. The number of amides is 1. The van der Waals surface area contributed by atoms with Crippen molar-refractivity contribution in [2.75, 3.05) is 11.4 Å². The van der Waals surface area contributed by atoms with Crippen molar-refractivity contribution in [3.05, 3.63) is 64.4 Å². The molecule has 3 aromatic rings. The number of hydrogen-bond acceptors (Lipinski definition) is 6. The fourth-order valence-electron chi connectivity index (χ4n) is 3.38. The van der Waals surface area contributed by atoms with Crippen molar-refractivity contribution in [3.8, 4) is 0 Å². The van der Waals surface area contributed by atoms with Crippen molar-refractivity contribution in [1.29, 1.82) is 0 Å². The Hall–Kier alpha value is -3.55. The van der Waals surface area contributed by atoms with Gasteiger partial charge in [0.25, 0.3) is 5.56 Å². The molecule has 0 spiro atoms. The summed E-state index contributed by atoms with van der Waals surface area (Å²) >= 11 is 0. The van der Waals surface area contributed by atoms with E-state index in [0.29, 0.717) is 10.9 Å². The number of benzene rings is 2. The number of esters is 1. The SMILES string of the molecule is CCc1ccc(N2C[C@H](C(=O)OCn3nnc4ccccc4c3=O)CC2=O)cc1. The number of ether oxygens (including phenoxy) is 1. The van der Waals surface area contributed by atoms with Gasteiger partial charge in [0.2, 0.25) is 5.91 Å². The first-order valence-corrected chi connectivity index (χ1v) is 9.45. The third-order valence-electron chi connectivity index (χ3n) is 5.07. The minimum absolute atomic E-state index is 0.0761. The van der Waals surface area contributed by atoms with Gasteiger partial charge in [0.1, 0.15) is 5.52 Å². The first kappa shape index (κ1) is 18.8. The summed E-state index contributed by atoms with van der Waals surface area (Å²) in [4.78, 5) is 38.8. The first-order chi connectivity index (χ1) is 14.1. The van der Waals surface area contributed by atoms with Crippen molar-refractivity contribution in [2.24, 2.45) is 5.92 Å². The number of rotatable bonds is 5. The second kappa shape index (κ2) is 7.83. The van der Waals surface area contributed by atoms with E-state index in [1.54, 1.807) is 29.2 Å². The number of fused-ring (bicyclic) bond motifs is 1. The topological polar surface area (TPSA) is 94.4 Å². The molecule has 1 atom stereocenters. The van der Waals surface area contributed by atoms with E-state index in [2.05, 4.69) is 17.2 Å². The molecule has 2 heterocycles. The molecule has 0 radical (unpaired) electrons. The van der Waals surface area contributed by atoms with Gasteiger partial charge in [-0.2, -0.15) is 4.68 Å². The molecule has 148 valence electrons. The lowest BCUT2D eigenvalue weighted by molar-refractivity contribution is -0.152. The molecule has 0 unspecified atom stereocenters. The van der Waals surface area contributed by atoms with Crippen LogP contribution in [0.15, 0.2) is 53.3 Å². The Labute approximate surface area is 166 Å². The lowest BCUT2D eigenvalue weighted by Gasteiger charge is -2.17. The van der Waals surface area contributed by atoms with Gasteiger partial charge in [-0.05, 0) is 36.2 Å². The van der Waals surface area contributed by atoms with Crippen LogP contribution in [0.1, 0.15) is 18.9 Å². The molecule has 0 bridgehead atoms. The Bertz CT molecular complexity index is 1120. The van der Waals surface area contributed by atoms with Crippen LogP contribution in [0.25, 0.3) is 10.9 Å². The molecule has 1 aromatic heterocycles. The second-order valence-electron chi connectivity index (χ2n) is 6.93. The summed E-state index contributed by atoms with van der Waals surface area (Å²) in [5, 5.41) is 8.15. The number of carbonyl (C=O) groups excluding carboxylic acids is 2. The van der Waals surface area contributed by atoms with Crippen LogP contribution in [0, 0.1) is 5.92 Å². The quantitative estimate of drug-likeness (QED) is 0.616. The minimum Gasteiger partial charge on any atom is -0.442 e. The zero-order valence-electron chi connectivity index (χ0n) is 15.9. The van der Waals surface area contributed by atoms with E-state index in [1.165, 1.54) is 5.56 Å². The van der Waals surface area contributed by atoms with Crippen LogP contribution >= 0.6 is 0 Å². The number of aryl methyl sites for hydroxylation is 1. The van der Waals surface area contributed by atoms with Gasteiger partial charge in [-0.1, -0.05) is 36.4 Å². The van der Waals surface area contributed by atoms with Crippen molar-refractivity contribution in [1.82, 2.24) is 15.0 Å². The number of hydrogen-bond donors (Lipinski definition) is 0. The first-order valence-electron chi connectivity index (χ1n) is 9.45. The molecule has 1 aliphatic rings. The number of aromatic nitrogens is 3. The molecule has 1 amide bonds. The van der Waals surface area contributed by atoms with Crippen molar-refractivity contribution >= 4 is 28.5 Å². The maximum absolute atomic E-state index is 12.5. The van der Waals surface area contributed by atoms with Crippen LogP contribution in [-0.4, -0.2) is 33.4 Å². The monoisotopic (exact) mass is 392 g/mol. The van der Waals surface area contributed by atoms with Crippen LogP contribution in [0.5, 0.6) is 0 Å². The molecule has 0 N–H and O–H groups in total. The van der Waals surface area contributed by atoms with Crippen molar-refractivity contribution < 1.29 is 14.3 Å². The maximum atomic E-state index is 12.5. The second-order valence-corrected chi connectivity index (χ2v) is 6.93. The minimum atomic E-state index is -0.586. The molecule has 1 fully saturated rings. The smallest absolute Gasteiger partial charge is 0.313 e. The summed E-state index contributed by atoms with van der Waals surface area (Å²) < 4.78 is 6.25. The third kappa shape index (κ3) is 3.73. The molecule has 1 aliphatic heterocycles. The van der Waals surface area contributed by atoms with E-state index >= 15 is 0 Å². The molecule has 4 rings (SSSR count). The van der Waals surface area contributed by atoms with Gasteiger partial charge >= 0.3 is 5.97 Å². The summed E-state index contributed by atoms with van der Waals surface area (Å²) in [5.74, 6) is -1.25. The average molecular weight is 392 g/mol. The number of anilines is 1. The summed E-state index contributed by atoms with van der Waals surface area (Å²) in [6.07, 6.45) is 0.993. The van der Waals surface area contributed by atoms with Gasteiger partial charge in [-0.15, -0.1) is 5.10 Å². The van der Waals surface area contributed by atoms with E-state index < -0.39 is 11.9 Å². The van der Waals surface area contributed by atoms with E-state index in [4.69, 9.17) is 4.74 Å². The van der Waals surface area contributed by atoms with Gasteiger partial charge in [0.15, 0.2) is 6.73 Å². The molecule has 0 aliphatic carbocycles. The molecular weight excluding hydrogens is 372 g/mol. The molecule has 29 heavy (non-hydrogen) atoms. The molecular formula is C21H20N4O4. The molecule has 2 aromatic carbocycles. The third-order valence-corrected chi connectivity index (χ3v) is 5.07. The maximum Gasteiger partial charge on any atom is 0.313 e. The standard InChI is InChI=1S/C21H20N4O4/c1-2-14-7-9-16(10-8-14)24-12-15(11-19(24)26)21(28)29-13-25-20(27)17-5-3-4-6-18(17)22-23-25/h3-10,15H,2,11-13H2,1H3/t15-/m1/s1. The molecule has 8 nitrogen and oxygen atoms in total. The Morgan fingerprint density at radius 2 is 1.90 bits per heavy atom. The number of carbonyl (C=O) groups is 2. The highest BCUT2D eigenvalue weighted by Crippen LogP contribution is 2.26. The van der Waals surface area contributed by atoms with E-state index in [-0.39, 0.29) is 31.2 Å². The Morgan fingerprint density at radius 3 is 2.66 bits per heavy atom. The van der Waals surface area contributed by atoms with Gasteiger partial charge in [-0.3, -0.25) is 14.4 Å². The predicted octanol–water partition coefficient (Wildman–Crippen LogP) is 1.91. The van der Waals surface area contributed by atoms with Crippen LogP contribution in [0.3, 0.4) is 0 Å². The zero-order chi connectivity index (χ0) is 20.4. The van der Waals surface area contributed by atoms with Crippen LogP contribution in [-0.2, 0) is 27.5 Å². The molecule has 1 saturated heterocycles. The van der Waals surface area contributed by atoms with Gasteiger partial charge in [0.05, 0.1) is 11.3 Å². The molecule has 0 saturated carbocycles. The van der Waals surface area contributed by atoms with E-state index in [0.717, 1.165) is 16.8 Å². The summed E-state index contributed by atoms with van der Waals surface area (Å²) in [7, 11) is 0. The predicted molar refractivity (Wildman–Crippen MR) is 106 cm³/mol.